The van der Waals surface area contributed by atoms with E-state index in [4.69, 9.17) is 0 Å². The molecule has 1 atom stereocenters. The molecule has 2 saturated heterocycles. The lowest BCUT2D eigenvalue weighted by Gasteiger charge is -2.34. The number of piperidine rings is 1. The Balaban J connectivity index is 0. The molecule has 0 saturated carbocycles. The molecular weight excluding hydrogens is 371 g/mol. The number of unbranched alkanes of at least 4 members (excludes halogenated alkanes) is 1. The van der Waals surface area contributed by atoms with Gasteiger partial charge in [-0.3, -0.25) is 4.79 Å². The topological polar surface area (TPSA) is 47.6 Å². The molecule has 2 aliphatic heterocycles. The molecule has 0 unspecified atom stereocenters. The number of nitrogens with one attached hydrogen (secondary N) is 2. The van der Waals surface area contributed by atoms with Crippen molar-refractivity contribution in [2.24, 2.45) is 0 Å². The Labute approximate surface area is 165 Å². The highest BCUT2D eigenvalue weighted by atomic mass is 35.5. The lowest BCUT2D eigenvalue weighted by molar-refractivity contribution is -0.123. The summed E-state index contributed by atoms with van der Waals surface area (Å²) in [5.41, 5.74) is 0. The van der Waals surface area contributed by atoms with Crippen molar-refractivity contribution in [2.75, 3.05) is 52.4 Å². The number of halogens is 3. The zero-order chi connectivity index (χ0) is 14.9. The maximum atomic E-state index is 11.9. The van der Waals surface area contributed by atoms with Crippen molar-refractivity contribution in [3.8, 4) is 0 Å². The van der Waals surface area contributed by atoms with Crippen LogP contribution in [0.2, 0.25) is 0 Å². The molecule has 0 aliphatic carbocycles. The van der Waals surface area contributed by atoms with Gasteiger partial charge in [0.1, 0.15) is 0 Å². The predicted molar refractivity (Wildman–Crippen MR) is 108 cm³/mol. The van der Waals surface area contributed by atoms with E-state index in [2.05, 4.69) is 27.4 Å². The minimum atomic E-state index is 0. The predicted octanol–water partition coefficient (Wildman–Crippen LogP) is 1.93. The van der Waals surface area contributed by atoms with Crippen molar-refractivity contribution in [1.82, 2.24) is 20.4 Å². The molecule has 0 aromatic rings. The first-order chi connectivity index (χ1) is 10.3. The van der Waals surface area contributed by atoms with E-state index in [1.54, 1.807) is 0 Å². The van der Waals surface area contributed by atoms with E-state index in [1.807, 2.05) is 0 Å². The van der Waals surface area contributed by atoms with Crippen molar-refractivity contribution in [3.05, 3.63) is 0 Å². The van der Waals surface area contributed by atoms with Gasteiger partial charge in [0.05, 0.1) is 6.04 Å². The highest BCUT2D eigenvalue weighted by Crippen LogP contribution is 2.07. The fraction of sp³-hybridized carbons (Fsp3) is 0.938. The smallest absolute Gasteiger partial charge is 0.237 e. The number of piperazine rings is 1. The lowest BCUT2D eigenvalue weighted by atomic mass is 10.0. The number of amides is 1. The monoisotopic (exact) mass is 404 g/mol. The Morgan fingerprint density at radius 3 is 2.29 bits per heavy atom. The molecule has 2 fully saturated rings. The molecule has 2 rings (SSSR count). The van der Waals surface area contributed by atoms with Crippen LogP contribution in [0.15, 0.2) is 0 Å². The van der Waals surface area contributed by atoms with Gasteiger partial charge in [-0.2, -0.15) is 0 Å². The summed E-state index contributed by atoms with van der Waals surface area (Å²) in [6.07, 6.45) is 5.65. The van der Waals surface area contributed by atoms with E-state index in [-0.39, 0.29) is 49.2 Å². The molecule has 2 N–H and O–H groups in total. The largest absolute Gasteiger partial charge is 0.355 e. The summed E-state index contributed by atoms with van der Waals surface area (Å²) >= 11 is 0. The fourth-order valence-electron chi connectivity index (χ4n) is 3.20. The Kier molecular flexibility index (Phi) is 17.1. The van der Waals surface area contributed by atoms with Crippen molar-refractivity contribution < 1.29 is 4.79 Å². The van der Waals surface area contributed by atoms with Crippen LogP contribution in [0.5, 0.6) is 0 Å². The molecule has 5 nitrogen and oxygen atoms in total. The summed E-state index contributed by atoms with van der Waals surface area (Å²) < 4.78 is 0. The molecule has 0 aromatic heterocycles. The van der Waals surface area contributed by atoms with Gasteiger partial charge in [-0.15, -0.1) is 37.2 Å². The van der Waals surface area contributed by atoms with E-state index < -0.39 is 0 Å². The molecular formula is C16H35Cl3N4O. The van der Waals surface area contributed by atoms with Crippen molar-refractivity contribution in [3.63, 3.8) is 0 Å². The highest BCUT2D eigenvalue weighted by Gasteiger charge is 2.19. The van der Waals surface area contributed by atoms with Gasteiger partial charge in [-0.05, 0) is 45.3 Å². The van der Waals surface area contributed by atoms with Gasteiger partial charge in [0, 0.05) is 32.7 Å². The van der Waals surface area contributed by atoms with Crippen LogP contribution in [0.1, 0.15) is 39.0 Å². The highest BCUT2D eigenvalue weighted by molar-refractivity contribution is 5.86. The number of hydrogen-bond acceptors (Lipinski definition) is 4. The standard InChI is InChI=1S/C16H32N4O.3ClH/c1-2-19-11-13-20(14-12-19)10-6-5-9-18-16(21)15-7-3-4-8-17-15;;;/h15,17H,2-14H2,1H3,(H,18,21);3*1H/t15-;;;/m1.../s1. The van der Waals surface area contributed by atoms with Crippen LogP contribution in [0.3, 0.4) is 0 Å². The zero-order valence-electron chi connectivity index (χ0n) is 14.8. The number of likely N-dealkylation sites (N-methyl/N-ethyl adjacent to an activating group) is 1. The maximum absolute atomic E-state index is 11.9. The van der Waals surface area contributed by atoms with Gasteiger partial charge in [0.15, 0.2) is 0 Å². The van der Waals surface area contributed by atoms with Crippen LogP contribution in [-0.2, 0) is 4.79 Å². The molecule has 2 aliphatic rings. The Bertz CT molecular complexity index is 310. The third-order valence-electron chi connectivity index (χ3n) is 4.74. The normalized spacial score (nSPS) is 21.8. The third-order valence-corrected chi connectivity index (χ3v) is 4.74. The van der Waals surface area contributed by atoms with Crippen LogP contribution in [0, 0.1) is 0 Å². The van der Waals surface area contributed by atoms with Crippen LogP contribution in [-0.4, -0.2) is 74.1 Å². The maximum Gasteiger partial charge on any atom is 0.237 e. The van der Waals surface area contributed by atoms with E-state index in [1.165, 1.54) is 58.5 Å². The second-order valence-electron chi connectivity index (χ2n) is 6.28. The summed E-state index contributed by atoms with van der Waals surface area (Å²) in [4.78, 5) is 17.0. The minimum Gasteiger partial charge on any atom is -0.355 e. The fourth-order valence-corrected chi connectivity index (χ4v) is 3.20. The second-order valence-corrected chi connectivity index (χ2v) is 6.28. The summed E-state index contributed by atoms with van der Waals surface area (Å²) in [6.45, 7) is 11.2. The summed E-state index contributed by atoms with van der Waals surface area (Å²) in [7, 11) is 0. The molecule has 1 amide bonds. The third kappa shape index (κ3) is 9.64. The van der Waals surface area contributed by atoms with Crippen LogP contribution >= 0.6 is 37.2 Å². The van der Waals surface area contributed by atoms with E-state index in [9.17, 15) is 4.79 Å². The second kappa shape index (κ2) is 15.5. The number of rotatable bonds is 7. The lowest BCUT2D eigenvalue weighted by Crippen LogP contribution is -2.47. The molecule has 0 aromatic carbocycles. The van der Waals surface area contributed by atoms with Gasteiger partial charge in [-0.25, -0.2) is 0 Å². The number of carbonyl (C=O) groups excluding carboxylic acids is 1. The Morgan fingerprint density at radius 2 is 1.71 bits per heavy atom. The first-order valence-electron chi connectivity index (χ1n) is 8.75. The molecule has 8 heteroatoms. The molecule has 0 spiro atoms. The van der Waals surface area contributed by atoms with Gasteiger partial charge in [-0.1, -0.05) is 13.3 Å². The first-order valence-corrected chi connectivity index (χ1v) is 8.75. The molecule has 0 radical (unpaired) electrons. The molecule has 0 bridgehead atoms. The Morgan fingerprint density at radius 1 is 1.04 bits per heavy atom. The van der Waals surface area contributed by atoms with Crippen molar-refractivity contribution in [2.45, 2.75) is 45.1 Å². The average Bonchev–Trinajstić information content (AvgIpc) is 2.55. The van der Waals surface area contributed by atoms with Crippen LogP contribution in [0.25, 0.3) is 0 Å². The van der Waals surface area contributed by atoms with E-state index in [0.29, 0.717) is 0 Å². The number of hydrogen-bond donors (Lipinski definition) is 2. The van der Waals surface area contributed by atoms with E-state index >= 15 is 0 Å². The van der Waals surface area contributed by atoms with Gasteiger partial charge >= 0.3 is 0 Å². The summed E-state index contributed by atoms with van der Waals surface area (Å²) in [5.74, 6) is 0.200. The first kappa shape index (κ1) is 26.4. The number of nitrogens with zero attached hydrogens (tertiary/aromatic N) is 2. The quantitative estimate of drug-likeness (QED) is 0.635. The zero-order valence-corrected chi connectivity index (χ0v) is 17.2. The average molecular weight is 406 g/mol. The number of carbonyl (C=O) groups is 1. The SMILES string of the molecule is CCN1CCN(CCCCNC(=O)[C@H]2CCCCN2)CC1.Cl.Cl.Cl. The van der Waals surface area contributed by atoms with Gasteiger partial charge < -0.3 is 20.4 Å². The Hall–Kier alpha value is 0.220. The van der Waals surface area contributed by atoms with Crippen LogP contribution in [0.4, 0.5) is 0 Å². The van der Waals surface area contributed by atoms with E-state index in [0.717, 1.165) is 25.9 Å². The van der Waals surface area contributed by atoms with Crippen LogP contribution < -0.4 is 10.6 Å². The molecule has 2 heterocycles. The van der Waals surface area contributed by atoms with Gasteiger partial charge in [0.25, 0.3) is 0 Å². The minimum absolute atomic E-state index is 0. The van der Waals surface area contributed by atoms with Crippen molar-refractivity contribution >= 4 is 43.1 Å². The van der Waals surface area contributed by atoms with Crippen molar-refractivity contribution in [1.29, 1.82) is 0 Å². The molecule has 24 heavy (non-hydrogen) atoms. The summed E-state index contributed by atoms with van der Waals surface area (Å²) in [6, 6.07) is 0.0564. The van der Waals surface area contributed by atoms with Gasteiger partial charge in [0.2, 0.25) is 5.91 Å². The molecule has 146 valence electrons. The summed E-state index contributed by atoms with van der Waals surface area (Å²) in [5, 5.41) is 6.37.